The second kappa shape index (κ2) is 16.6. The first-order chi connectivity index (χ1) is 18.4. The van der Waals surface area contributed by atoms with Gasteiger partial charge in [0.2, 0.25) is 0 Å². The maximum Gasteiger partial charge on any atom is 0.173 e. The maximum atomic E-state index is 8.95. The number of hydrogen-bond donors (Lipinski definition) is 0. The molecule has 0 spiro atoms. The summed E-state index contributed by atoms with van der Waals surface area (Å²) in [6.45, 7) is 18.0. The van der Waals surface area contributed by atoms with Crippen molar-refractivity contribution in [2.24, 2.45) is 0 Å². The average Bonchev–Trinajstić information content (AvgIpc) is 2.87. The van der Waals surface area contributed by atoms with E-state index in [1.807, 2.05) is 36.4 Å². The first-order valence-corrected chi connectivity index (χ1v) is 25.3. The average molecular weight is 582 g/mol. The molecule has 0 saturated heterocycles. The van der Waals surface area contributed by atoms with E-state index in [9.17, 15) is 0 Å². The van der Waals surface area contributed by atoms with E-state index in [4.69, 9.17) is 14.1 Å². The SMILES string of the molecule is C[Si](C)(C)CC[Si](C)(C)O[Si](C)(C)CCCCCCCCCCCOc1ccc(-c2ccc(C#N)cc2)cc1. The first-order valence-electron chi connectivity index (χ1n) is 15.3. The van der Waals surface area contributed by atoms with E-state index in [2.05, 4.69) is 64.0 Å². The minimum Gasteiger partial charge on any atom is -0.494 e. The molecule has 2 aromatic carbocycles. The van der Waals surface area contributed by atoms with Gasteiger partial charge in [0.1, 0.15) is 5.75 Å². The van der Waals surface area contributed by atoms with Crippen LogP contribution < -0.4 is 4.74 Å². The molecule has 0 radical (unpaired) electrons. The Labute approximate surface area is 243 Å². The second-order valence-corrected chi connectivity index (χ2v) is 28.2. The highest BCUT2D eigenvalue weighted by Gasteiger charge is 2.33. The summed E-state index contributed by atoms with van der Waals surface area (Å²) in [4.78, 5) is 0. The van der Waals surface area contributed by atoms with Crippen LogP contribution in [0.15, 0.2) is 48.5 Å². The molecule has 3 nitrogen and oxygen atoms in total. The van der Waals surface area contributed by atoms with Gasteiger partial charge in [-0.05, 0) is 80.1 Å². The molecule has 6 heteroatoms. The van der Waals surface area contributed by atoms with E-state index in [0.717, 1.165) is 29.9 Å². The maximum absolute atomic E-state index is 8.95. The third-order valence-corrected chi connectivity index (χ3v) is 17.1. The molecule has 0 aliphatic heterocycles. The topological polar surface area (TPSA) is 42.2 Å². The summed E-state index contributed by atoms with van der Waals surface area (Å²) in [5, 5.41) is 8.95. The lowest BCUT2D eigenvalue weighted by Gasteiger charge is -2.35. The number of hydrogen-bond acceptors (Lipinski definition) is 3. The third-order valence-electron chi connectivity index (χ3n) is 7.42. The Morgan fingerprint density at radius 3 is 1.54 bits per heavy atom. The summed E-state index contributed by atoms with van der Waals surface area (Å²) in [5.41, 5.74) is 2.95. The minimum atomic E-state index is -1.52. The zero-order valence-corrected chi connectivity index (χ0v) is 29.1. The van der Waals surface area contributed by atoms with E-state index in [1.165, 1.54) is 69.5 Å². The van der Waals surface area contributed by atoms with Crippen LogP contribution in [-0.2, 0) is 4.12 Å². The molecule has 0 bridgehead atoms. The standard InChI is InChI=1S/C33H55NO2Si3/c1-37(2,3)27-28-39(6,7)36-38(4,5)26-16-14-12-10-8-9-11-13-15-25-35-33-23-21-32(22-24-33)31-19-17-30(29-34)18-20-31/h17-24H,8-16,25-28H2,1-7H3. The summed E-state index contributed by atoms with van der Waals surface area (Å²) < 4.78 is 12.8. The van der Waals surface area contributed by atoms with Gasteiger partial charge in [0, 0.05) is 8.07 Å². The molecule has 0 atom stereocenters. The van der Waals surface area contributed by atoms with Crippen molar-refractivity contribution in [2.45, 2.75) is 122 Å². The summed E-state index contributed by atoms with van der Waals surface area (Å²) in [7, 11) is -4.00. The summed E-state index contributed by atoms with van der Waals surface area (Å²) in [6.07, 6.45) is 11.9. The van der Waals surface area contributed by atoms with Crippen molar-refractivity contribution < 1.29 is 8.85 Å². The van der Waals surface area contributed by atoms with Crippen LogP contribution in [0.5, 0.6) is 5.75 Å². The molecule has 2 aromatic rings. The predicted molar refractivity (Wildman–Crippen MR) is 177 cm³/mol. The highest BCUT2D eigenvalue weighted by atomic mass is 28.4. The Morgan fingerprint density at radius 2 is 1.03 bits per heavy atom. The van der Waals surface area contributed by atoms with Crippen LogP contribution >= 0.6 is 0 Å². The molecule has 0 N–H and O–H groups in total. The van der Waals surface area contributed by atoms with Gasteiger partial charge in [-0.15, -0.1) is 0 Å². The number of nitrogens with zero attached hydrogens (tertiary/aromatic N) is 1. The van der Waals surface area contributed by atoms with Crippen LogP contribution in [0.1, 0.15) is 63.4 Å². The number of ether oxygens (including phenoxy) is 1. The van der Waals surface area contributed by atoms with Crippen molar-refractivity contribution in [3.05, 3.63) is 54.1 Å². The quantitative estimate of drug-likeness (QED) is 0.122. The first kappa shape index (κ1) is 33.5. The summed E-state index contributed by atoms with van der Waals surface area (Å²) >= 11 is 0. The highest BCUT2D eigenvalue weighted by Crippen LogP contribution is 2.27. The fraction of sp³-hybridized carbons (Fsp3) is 0.606. The molecule has 0 unspecified atom stereocenters. The Balaban J connectivity index is 1.47. The van der Waals surface area contributed by atoms with Gasteiger partial charge in [0.15, 0.2) is 16.6 Å². The van der Waals surface area contributed by atoms with Crippen LogP contribution in [0.2, 0.25) is 64.0 Å². The van der Waals surface area contributed by atoms with E-state index >= 15 is 0 Å². The van der Waals surface area contributed by atoms with Gasteiger partial charge < -0.3 is 8.85 Å². The number of benzene rings is 2. The smallest absolute Gasteiger partial charge is 0.173 e. The molecule has 0 heterocycles. The molecular weight excluding hydrogens is 527 g/mol. The molecule has 39 heavy (non-hydrogen) atoms. The van der Waals surface area contributed by atoms with E-state index in [1.54, 1.807) is 0 Å². The van der Waals surface area contributed by atoms with Crippen molar-refractivity contribution in [1.82, 2.24) is 0 Å². The largest absolute Gasteiger partial charge is 0.494 e. The van der Waals surface area contributed by atoms with Gasteiger partial charge in [-0.1, -0.05) is 101 Å². The molecule has 2 rings (SSSR count). The van der Waals surface area contributed by atoms with Gasteiger partial charge in [0.05, 0.1) is 18.2 Å². The van der Waals surface area contributed by atoms with Crippen LogP contribution in [0, 0.1) is 11.3 Å². The molecule has 0 aromatic heterocycles. The van der Waals surface area contributed by atoms with Gasteiger partial charge in [0.25, 0.3) is 0 Å². The minimum absolute atomic E-state index is 0.689. The van der Waals surface area contributed by atoms with Crippen LogP contribution in [0.4, 0.5) is 0 Å². The van der Waals surface area contributed by atoms with Crippen LogP contribution in [-0.4, -0.2) is 31.3 Å². The molecule has 0 saturated carbocycles. The van der Waals surface area contributed by atoms with Crippen molar-refractivity contribution in [1.29, 1.82) is 5.26 Å². The Hall–Kier alpha value is -1.66. The third kappa shape index (κ3) is 15.1. The van der Waals surface area contributed by atoms with Gasteiger partial charge >= 0.3 is 0 Å². The monoisotopic (exact) mass is 581 g/mol. The van der Waals surface area contributed by atoms with Crippen molar-refractivity contribution in [3.8, 4) is 22.9 Å². The van der Waals surface area contributed by atoms with Crippen LogP contribution in [0.25, 0.3) is 11.1 Å². The Bertz CT molecular complexity index is 990. The Morgan fingerprint density at radius 1 is 0.564 bits per heavy atom. The normalized spacial score (nSPS) is 12.4. The molecule has 0 amide bonds. The summed E-state index contributed by atoms with van der Waals surface area (Å²) in [6, 6.07) is 22.2. The lowest BCUT2D eigenvalue weighted by Crippen LogP contribution is -2.45. The zero-order chi connectivity index (χ0) is 28.8. The molecule has 0 aliphatic rings. The predicted octanol–water partition coefficient (Wildman–Crippen LogP) is 10.9. The highest BCUT2D eigenvalue weighted by molar-refractivity contribution is 6.86. The van der Waals surface area contributed by atoms with Crippen molar-refractivity contribution in [2.75, 3.05) is 6.61 Å². The van der Waals surface area contributed by atoms with Gasteiger partial charge in [-0.25, -0.2) is 0 Å². The van der Waals surface area contributed by atoms with E-state index in [0.29, 0.717) is 5.56 Å². The number of nitriles is 1. The number of rotatable bonds is 19. The van der Waals surface area contributed by atoms with Gasteiger partial charge in [-0.3, -0.25) is 0 Å². The molecular formula is C33H55NO2Si3. The number of unbranched alkanes of at least 4 members (excludes halogenated alkanes) is 8. The zero-order valence-electron chi connectivity index (χ0n) is 26.1. The van der Waals surface area contributed by atoms with E-state index in [-0.39, 0.29) is 0 Å². The van der Waals surface area contributed by atoms with Gasteiger partial charge in [-0.2, -0.15) is 5.26 Å². The fourth-order valence-corrected chi connectivity index (χ4v) is 18.4. The van der Waals surface area contributed by atoms with Crippen LogP contribution in [0.3, 0.4) is 0 Å². The van der Waals surface area contributed by atoms with Crippen molar-refractivity contribution in [3.63, 3.8) is 0 Å². The molecule has 0 fully saturated rings. The molecule has 216 valence electrons. The summed E-state index contributed by atoms with van der Waals surface area (Å²) in [5.74, 6) is 0.932. The second-order valence-electron chi connectivity index (χ2n) is 13.7. The fourth-order valence-electron chi connectivity index (χ4n) is 5.09. The van der Waals surface area contributed by atoms with Crippen molar-refractivity contribution >= 4 is 24.7 Å². The molecule has 0 aliphatic carbocycles. The lowest BCUT2D eigenvalue weighted by atomic mass is 10.0. The van der Waals surface area contributed by atoms with E-state index < -0.39 is 24.7 Å². The lowest BCUT2D eigenvalue weighted by molar-refractivity contribution is 0.304. The Kier molecular flexibility index (Phi) is 14.3.